The molecule has 0 saturated carbocycles. The molecular weight excluding hydrogens is 202 g/mol. The Kier molecular flexibility index (Phi) is 1.80. The van der Waals surface area contributed by atoms with Crippen LogP contribution in [0.4, 0.5) is 0 Å². The van der Waals surface area contributed by atoms with E-state index in [4.69, 9.17) is 12.2 Å². The van der Waals surface area contributed by atoms with Gasteiger partial charge in [-0.05, 0) is 12.0 Å². The highest BCUT2D eigenvalue weighted by molar-refractivity contribution is 7.80. The van der Waals surface area contributed by atoms with Crippen LogP contribution in [0.15, 0.2) is 59.9 Å². The smallest absolute Gasteiger partial charge is 0.107 e. The molecule has 2 aliphatic carbocycles. The van der Waals surface area contributed by atoms with Crippen LogP contribution in [0.1, 0.15) is 6.42 Å². The SMILES string of the molecule is S=C1NC=C2C=CC=CC23CC=CC=C13. The largest absolute Gasteiger partial charge is 0.352 e. The molecule has 0 radical (unpaired) electrons. The number of rotatable bonds is 0. The predicted molar refractivity (Wildman–Crippen MR) is 66.4 cm³/mol. The molecule has 2 heteroatoms. The quantitative estimate of drug-likeness (QED) is 0.621. The van der Waals surface area contributed by atoms with E-state index in [2.05, 4.69) is 47.8 Å². The fourth-order valence-electron chi connectivity index (χ4n) is 2.41. The number of allylic oxidation sites excluding steroid dienone is 8. The molecule has 1 unspecified atom stereocenters. The minimum absolute atomic E-state index is 0.00579. The van der Waals surface area contributed by atoms with Crippen LogP contribution in [0.5, 0.6) is 0 Å². The van der Waals surface area contributed by atoms with Gasteiger partial charge in [0.15, 0.2) is 0 Å². The highest BCUT2D eigenvalue weighted by Gasteiger charge is 2.39. The van der Waals surface area contributed by atoms with Gasteiger partial charge in [0.05, 0.1) is 0 Å². The second kappa shape index (κ2) is 3.04. The van der Waals surface area contributed by atoms with Gasteiger partial charge in [-0.2, -0.15) is 0 Å². The molecule has 0 aromatic rings. The molecule has 0 bridgehead atoms. The van der Waals surface area contributed by atoms with Gasteiger partial charge in [-0.15, -0.1) is 0 Å². The summed E-state index contributed by atoms with van der Waals surface area (Å²) in [6, 6.07) is 0. The molecule has 1 aliphatic heterocycles. The molecule has 1 heterocycles. The average Bonchev–Trinajstić information content (AvgIpc) is 2.28. The van der Waals surface area contributed by atoms with Crippen molar-refractivity contribution in [1.82, 2.24) is 5.32 Å². The number of hydrogen-bond donors (Lipinski definition) is 1. The molecule has 3 aliphatic rings. The number of hydrogen-bond acceptors (Lipinski definition) is 1. The van der Waals surface area contributed by atoms with Crippen LogP contribution in [0, 0.1) is 5.41 Å². The van der Waals surface area contributed by atoms with Crippen molar-refractivity contribution in [3.63, 3.8) is 0 Å². The van der Waals surface area contributed by atoms with E-state index in [1.807, 2.05) is 6.20 Å². The molecule has 0 fully saturated rings. The van der Waals surface area contributed by atoms with Crippen LogP contribution in [0.2, 0.25) is 0 Å². The summed E-state index contributed by atoms with van der Waals surface area (Å²) >= 11 is 5.35. The normalized spacial score (nSPS) is 31.3. The Morgan fingerprint density at radius 3 is 3.13 bits per heavy atom. The fourth-order valence-corrected chi connectivity index (χ4v) is 2.72. The first-order valence-corrected chi connectivity index (χ1v) is 5.48. The highest BCUT2D eigenvalue weighted by atomic mass is 32.1. The average molecular weight is 213 g/mol. The topological polar surface area (TPSA) is 12.0 Å². The van der Waals surface area contributed by atoms with Gasteiger partial charge in [-0.25, -0.2) is 0 Å². The van der Waals surface area contributed by atoms with E-state index in [1.54, 1.807) is 0 Å². The van der Waals surface area contributed by atoms with Crippen molar-refractivity contribution < 1.29 is 0 Å². The third kappa shape index (κ3) is 1.11. The summed E-state index contributed by atoms with van der Waals surface area (Å²) in [5, 5.41) is 3.16. The molecule has 1 N–H and O–H groups in total. The molecule has 15 heavy (non-hydrogen) atoms. The van der Waals surface area contributed by atoms with Crippen molar-refractivity contribution in [2.24, 2.45) is 5.41 Å². The molecular formula is C13H11NS. The van der Waals surface area contributed by atoms with E-state index in [0.717, 1.165) is 11.4 Å². The number of nitrogens with one attached hydrogen (secondary N) is 1. The summed E-state index contributed by atoms with van der Waals surface area (Å²) in [6.45, 7) is 0. The van der Waals surface area contributed by atoms with Gasteiger partial charge >= 0.3 is 0 Å². The molecule has 1 atom stereocenters. The summed E-state index contributed by atoms with van der Waals surface area (Å²) in [4.78, 5) is 0.850. The van der Waals surface area contributed by atoms with Gasteiger partial charge in [0.25, 0.3) is 0 Å². The standard InChI is InChI=1S/C13H11NS/c15-12-11-6-2-4-8-13(11)7-3-1-5-10(13)9-14-12/h1-7,9H,8H2,(H,14,15). The van der Waals surface area contributed by atoms with Crippen LogP contribution in [-0.4, -0.2) is 4.99 Å². The lowest BCUT2D eigenvalue weighted by atomic mass is 9.66. The molecule has 3 rings (SSSR count). The highest BCUT2D eigenvalue weighted by Crippen LogP contribution is 2.47. The Hall–Kier alpha value is -1.41. The number of thiocarbonyl (C=S) groups is 1. The van der Waals surface area contributed by atoms with Gasteiger partial charge in [-0.1, -0.05) is 54.8 Å². The summed E-state index contributed by atoms with van der Waals surface area (Å²) in [5.41, 5.74) is 2.53. The second-order valence-electron chi connectivity index (χ2n) is 3.98. The van der Waals surface area contributed by atoms with E-state index >= 15 is 0 Å². The Labute approximate surface area is 94.6 Å². The Morgan fingerprint density at radius 1 is 1.27 bits per heavy atom. The zero-order chi connectivity index (χ0) is 10.3. The Balaban J connectivity index is 2.24. The van der Waals surface area contributed by atoms with Crippen molar-refractivity contribution >= 4 is 17.2 Å². The monoisotopic (exact) mass is 213 g/mol. The molecule has 0 aromatic heterocycles. The van der Waals surface area contributed by atoms with Crippen molar-refractivity contribution in [2.75, 3.05) is 0 Å². The first-order chi connectivity index (χ1) is 7.33. The Bertz CT molecular complexity index is 477. The summed E-state index contributed by atoms with van der Waals surface area (Å²) < 4.78 is 0. The third-order valence-electron chi connectivity index (χ3n) is 3.21. The minimum atomic E-state index is 0.00579. The maximum atomic E-state index is 5.35. The lowest BCUT2D eigenvalue weighted by molar-refractivity contribution is 0.568. The lowest BCUT2D eigenvalue weighted by Crippen LogP contribution is -2.38. The van der Waals surface area contributed by atoms with Crippen LogP contribution in [0.3, 0.4) is 0 Å². The van der Waals surface area contributed by atoms with Crippen molar-refractivity contribution in [3.05, 3.63) is 59.9 Å². The predicted octanol–water partition coefficient (Wildman–Crippen LogP) is 2.80. The van der Waals surface area contributed by atoms with Gasteiger partial charge in [-0.3, -0.25) is 0 Å². The second-order valence-corrected chi connectivity index (χ2v) is 4.38. The minimum Gasteiger partial charge on any atom is -0.352 e. The van der Waals surface area contributed by atoms with E-state index in [9.17, 15) is 0 Å². The van der Waals surface area contributed by atoms with Crippen LogP contribution >= 0.6 is 12.2 Å². The molecule has 0 amide bonds. The molecule has 1 nitrogen and oxygen atoms in total. The maximum Gasteiger partial charge on any atom is 0.107 e. The summed E-state index contributed by atoms with van der Waals surface area (Å²) in [6.07, 6.45) is 18.0. The lowest BCUT2D eigenvalue weighted by Gasteiger charge is -2.40. The van der Waals surface area contributed by atoms with Crippen molar-refractivity contribution in [1.29, 1.82) is 0 Å². The molecule has 0 saturated heterocycles. The molecule has 0 aromatic carbocycles. The van der Waals surface area contributed by atoms with Crippen molar-refractivity contribution in [3.8, 4) is 0 Å². The van der Waals surface area contributed by atoms with Gasteiger partial charge in [0.1, 0.15) is 4.99 Å². The summed E-state index contributed by atoms with van der Waals surface area (Å²) in [7, 11) is 0. The summed E-state index contributed by atoms with van der Waals surface area (Å²) in [5.74, 6) is 0. The van der Waals surface area contributed by atoms with Gasteiger partial charge in [0, 0.05) is 17.2 Å². The van der Waals surface area contributed by atoms with Crippen molar-refractivity contribution in [2.45, 2.75) is 6.42 Å². The maximum absolute atomic E-state index is 5.35. The van der Waals surface area contributed by atoms with Gasteiger partial charge in [0.2, 0.25) is 0 Å². The molecule has 74 valence electrons. The third-order valence-corrected chi connectivity index (χ3v) is 3.54. The van der Waals surface area contributed by atoms with Gasteiger partial charge < -0.3 is 5.32 Å². The first kappa shape index (κ1) is 8.86. The van der Waals surface area contributed by atoms with Crippen LogP contribution in [0.25, 0.3) is 0 Å². The van der Waals surface area contributed by atoms with E-state index in [0.29, 0.717) is 0 Å². The Morgan fingerprint density at radius 2 is 2.20 bits per heavy atom. The fraction of sp³-hybridized carbons (Fsp3) is 0.154. The van der Waals surface area contributed by atoms with Crippen LogP contribution < -0.4 is 5.32 Å². The van der Waals surface area contributed by atoms with E-state index in [1.165, 1.54) is 11.1 Å². The van der Waals surface area contributed by atoms with E-state index in [-0.39, 0.29) is 5.41 Å². The zero-order valence-electron chi connectivity index (χ0n) is 8.23. The zero-order valence-corrected chi connectivity index (χ0v) is 9.05. The first-order valence-electron chi connectivity index (χ1n) is 5.08. The van der Waals surface area contributed by atoms with E-state index < -0.39 is 0 Å². The molecule has 1 spiro atoms. The van der Waals surface area contributed by atoms with Crippen LogP contribution in [-0.2, 0) is 0 Å².